The number of halogens is 1. The van der Waals surface area contributed by atoms with Gasteiger partial charge in [-0.2, -0.15) is 0 Å². The quantitative estimate of drug-likeness (QED) is 0.714. The molecule has 0 N–H and O–H groups in total. The molecule has 1 aromatic carbocycles. The lowest BCUT2D eigenvalue weighted by molar-refractivity contribution is -0.143. The number of hydrogen-bond acceptors (Lipinski definition) is 2. The van der Waals surface area contributed by atoms with Crippen LogP contribution in [-0.2, 0) is 9.53 Å². The van der Waals surface area contributed by atoms with Crippen LogP contribution in [0.2, 0.25) is 0 Å². The fourth-order valence-electron chi connectivity index (χ4n) is 1.15. The van der Waals surface area contributed by atoms with Gasteiger partial charge in [-0.15, -0.1) is 0 Å². The normalized spacial score (nSPS) is 12.7. The smallest absolute Gasteiger partial charge is 0.303 e. The Morgan fingerprint density at radius 3 is 2.73 bits per heavy atom. The molecule has 15 heavy (non-hydrogen) atoms. The summed E-state index contributed by atoms with van der Waals surface area (Å²) in [6.07, 6.45) is 2.89. The van der Waals surface area contributed by atoms with E-state index in [-0.39, 0.29) is 17.9 Å². The lowest BCUT2D eigenvalue weighted by atomic mass is 10.2. The van der Waals surface area contributed by atoms with Gasteiger partial charge in [-0.3, -0.25) is 4.79 Å². The molecule has 1 rings (SSSR count). The summed E-state index contributed by atoms with van der Waals surface area (Å²) in [6.45, 7) is 3.06. The van der Waals surface area contributed by atoms with Crippen molar-refractivity contribution in [3.63, 3.8) is 0 Å². The van der Waals surface area contributed by atoms with Crippen LogP contribution >= 0.6 is 0 Å². The number of carbonyl (C=O) groups is 1. The van der Waals surface area contributed by atoms with Gasteiger partial charge in [0.15, 0.2) is 0 Å². The van der Waals surface area contributed by atoms with Crippen LogP contribution in [0.3, 0.4) is 0 Å². The molecule has 3 heteroatoms. The SMILES string of the molecule is CC(=O)OC(C)/C=C/c1ccccc1F. The summed E-state index contributed by atoms with van der Waals surface area (Å²) < 4.78 is 18.0. The van der Waals surface area contributed by atoms with E-state index in [9.17, 15) is 9.18 Å². The molecule has 1 unspecified atom stereocenters. The molecule has 0 spiro atoms. The third-order valence-electron chi connectivity index (χ3n) is 1.80. The third-order valence-corrected chi connectivity index (χ3v) is 1.80. The summed E-state index contributed by atoms with van der Waals surface area (Å²) in [5.74, 6) is -0.635. The van der Waals surface area contributed by atoms with Gasteiger partial charge < -0.3 is 4.74 Å². The molecular weight excluding hydrogens is 195 g/mol. The molecule has 0 amide bonds. The summed E-state index contributed by atoms with van der Waals surface area (Å²) in [5.41, 5.74) is 0.483. The largest absolute Gasteiger partial charge is 0.459 e. The van der Waals surface area contributed by atoms with E-state index >= 15 is 0 Å². The van der Waals surface area contributed by atoms with Crippen LogP contribution in [-0.4, -0.2) is 12.1 Å². The first-order valence-electron chi connectivity index (χ1n) is 4.69. The van der Waals surface area contributed by atoms with Gasteiger partial charge >= 0.3 is 5.97 Å². The van der Waals surface area contributed by atoms with Crippen molar-refractivity contribution in [2.75, 3.05) is 0 Å². The molecule has 1 atom stereocenters. The second-order valence-electron chi connectivity index (χ2n) is 3.20. The van der Waals surface area contributed by atoms with E-state index in [4.69, 9.17) is 4.74 Å². The fraction of sp³-hybridized carbons (Fsp3) is 0.250. The van der Waals surface area contributed by atoms with Crippen molar-refractivity contribution in [1.29, 1.82) is 0 Å². The molecule has 0 bridgehead atoms. The third kappa shape index (κ3) is 3.94. The topological polar surface area (TPSA) is 26.3 Å². The van der Waals surface area contributed by atoms with Crippen LogP contribution in [0.15, 0.2) is 30.3 Å². The maximum absolute atomic E-state index is 13.1. The first kappa shape index (κ1) is 11.4. The van der Waals surface area contributed by atoms with Crippen molar-refractivity contribution < 1.29 is 13.9 Å². The monoisotopic (exact) mass is 208 g/mol. The van der Waals surface area contributed by atoms with Crippen molar-refractivity contribution in [3.05, 3.63) is 41.7 Å². The van der Waals surface area contributed by atoms with Crippen LogP contribution in [0.4, 0.5) is 4.39 Å². The molecule has 0 saturated carbocycles. The molecule has 1 aromatic rings. The van der Waals surface area contributed by atoms with Crippen molar-refractivity contribution in [2.24, 2.45) is 0 Å². The standard InChI is InChI=1S/C12H13FO2/c1-9(15-10(2)14)7-8-11-5-3-4-6-12(11)13/h3-9H,1-2H3/b8-7+. The van der Waals surface area contributed by atoms with Crippen LogP contribution in [0.25, 0.3) is 6.08 Å². The average molecular weight is 208 g/mol. The molecule has 0 radical (unpaired) electrons. The first-order chi connectivity index (χ1) is 7.09. The molecule has 0 heterocycles. The highest BCUT2D eigenvalue weighted by molar-refractivity contribution is 5.66. The molecule has 0 fully saturated rings. The van der Waals surface area contributed by atoms with Crippen LogP contribution in [0.1, 0.15) is 19.4 Å². The zero-order chi connectivity index (χ0) is 11.3. The number of benzene rings is 1. The van der Waals surface area contributed by atoms with E-state index in [0.717, 1.165) is 0 Å². The highest BCUT2D eigenvalue weighted by Gasteiger charge is 2.01. The summed E-state index contributed by atoms with van der Waals surface area (Å²) in [7, 11) is 0. The van der Waals surface area contributed by atoms with E-state index in [1.54, 1.807) is 37.3 Å². The number of esters is 1. The van der Waals surface area contributed by atoms with Crippen molar-refractivity contribution in [1.82, 2.24) is 0 Å². The molecule has 0 saturated heterocycles. The van der Waals surface area contributed by atoms with Crippen molar-refractivity contribution >= 4 is 12.0 Å². The van der Waals surface area contributed by atoms with E-state index in [1.165, 1.54) is 13.0 Å². The Bertz CT molecular complexity index is 372. The Morgan fingerprint density at radius 2 is 2.13 bits per heavy atom. The highest BCUT2D eigenvalue weighted by atomic mass is 19.1. The van der Waals surface area contributed by atoms with Gasteiger partial charge in [0.2, 0.25) is 0 Å². The molecule has 0 aliphatic carbocycles. The van der Waals surface area contributed by atoms with Gasteiger partial charge in [-0.1, -0.05) is 24.3 Å². The van der Waals surface area contributed by atoms with Crippen LogP contribution in [0.5, 0.6) is 0 Å². The van der Waals surface area contributed by atoms with E-state index in [2.05, 4.69) is 0 Å². The van der Waals surface area contributed by atoms with Gasteiger partial charge in [0.1, 0.15) is 11.9 Å². The Labute approximate surface area is 88.4 Å². The molecule has 80 valence electrons. The summed E-state index contributed by atoms with van der Waals surface area (Å²) in [6, 6.07) is 6.42. The minimum absolute atomic E-state index is 0.288. The van der Waals surface area contributed by atoms with E-state index in [0.29, 0.717) is 5.56 Å². The predicted octanol–water partition coefficient (Wildman–Crippen LogP) is 2.79. The van der Waals surface area contributed by atoms with Gasteiger partial charge in [0.25, 0.3) is 0 Å². The van der Waals surface area contributed by atoms with Gasteiger partial charge in [-0.05, 0) is 19.1 Å². The Balaban J connectivity index is 2.65. The second kappa shape index (κ2) is 5.29. The van der Waals surface area contributed by atoms with Crippen molar-refractivity contribution in [2.45, 2.75) is 20.0 Å². The Hall–Kier alpha value is -1.64. The zero-order valence-corrected chi connectivity index (χ0v) is 8.74. The fourth-order valence-corrected chi connectivity index (χ4v) is 1.15. The minimum Gasteiger partial charge on any atom is -0.459 e. The summed E-state index contributed by atoms with van der Waals surface area (Å²) in [4.78, 5) is 10.6. The summed E-state index contributed by atoms with van der Waals surface area (Å²) in [5, 5.41) is 0. The van der Waals surface area contributed by atoms with Gasteiger partial charge in [0.05, 0.1) is 0 Å². The Morgan fingerprint density at radius 1 is 1.47 bits per heavy atom. The first-order valence-corrected chi connectivity index (χ1v) is 4.69. The van der Waals surface area contributed by atoms with Gasteiger partial charge in [0, 0.05) is 12.5 Å². The molecule has 0 aliphatic rings. The number of ether oxygens (including phenoxy) is 1. The number of hydrogen-bond donors (Lipinski definition) is 0. The zero-order valence-electron chi connectivity index (χ0n) is 8.74. The van der Waals surface area contributed by atoms with E-state index < -0.39 is 0 Å². The molecular formula is C12H13FO2. The molecule has 0 aliphatic heterocycles. The van der Waals surface area contributed by atoms with Crippen molar-refractivity contribution in [3.8, 4) is 0 Å². The van der Waals surface area contributed by atoms with Gasteiger partial charge in [-0.25, -0.2) is 4.39 Å². The second-order valence-corrected chi connectivity index (χ2v) is 3.20. The lowest BCUT2D eigenvalue weighted by Crippen LogP contribution is -2.08. The van der Waals surface area contributed by atoms with Crippen LogP contribution < -0.4 is 0 Å². The van der Waals surface area contributed by atoms with Crippen LogP contribution in [0, 0.1) is 5.82 Å². The minimum atomic E-state index is -0.347. The Kier molecular flexibility index (Phi) is 4.03. The molecule has 2 nitrogen and oxygen atoms in total. The number of rotatable bonds is 3. The average Bonchev–Trinajstić information content (AvgIpc) is 2.15. The summed E-state index contributed by atoms with van der Waals surface area (Å²) >= 11 is 0. The molecule has 0 aromatic heterocycles. The van der Waals surface area contributed by atoms with E-state index in [1.807, 2.05) is 0 Å². The number of carbonyl (C=O) groups excluding carboxylic acids is 1. The maximum atomic E-state index is 13.1. The predicted molar refractivity (Wildman–Crippen MR) is 56.7 cm³/mol. The lowest BCUT2D eigenvalue weighted by Gasteiger charge is -2.05. The maximum Gasteiger partial charge on any atom is 0.303 e. The highest BCUT2D eigenvalue weighted by Crippen LogP contribution is 2.09.